The molecule has 1 rings (SSSR count). The van der Waals surface area contributed by atoms with Gasteiger partial charge in [-0.3, -0.25) is 4.79 Å². The minimum atomic E-state index is -0.486. The van der Waals surface area contributed by atoms with E-state index in [-0.39, 0.29) is 23.7 Å². The summed E-state index contributed by atoms with van der Waals surface area (Å²) in [5.74, 6) is 0.751. The lowest BCUT2D eigenvalue weighted by Gasteiger charge is -2.25. The highest BCUT2D eigenvalue weighted by atomic mass is 35.5. The number of hydrogen-bond donors (Lipinski definition) is 2. The van der Waals surface area contributed by atoms with Crippen molar-refractivity contribution in [3.63, 3.8) is 0 Å². The van der Waals surface area contributed by atoms with Gasteiger partial charge >= 0.3 is 0 Å². The van der Waals surface area contributed by atoms with E-state index >= 15 is 0 Å². The Kier molecular flexibility index (Phi) is 8.37. The summed E-state index contributed by atoms with van der Waals surface area (Å²) >= 11 is 0. The topological polar surface area (TPSA) is 64.3 Å². The summed E-state index contributed by atoms with van der Waals surface area (Å²) in [4.78, 5) is 11.8. The van der Waals surface area contributed by atoms with Crippen LogP contribution in [0.3, 0.4) is 0 Å². The quantitative estimate of drug-likeness (QED) is 0.793. The zero-order valence-electron chi connectivity index (χ0n) is 13.3. The average molecular weight is 315 g/mol. The summed E-state index contributed by atoms with van der Waals surface area (Å²) in [7, 11) is 0. The van der Waals surface area contributed by atoms with Crippen LogP contribution in [-0.4, -0.2) is 25.1 Å². The molecule has 0 unspecified atom stereocenters. The minimum absolute atomic E-state index is 0. The van der Waals surface area contributed by atoms with Gasteiger partial charge in [0, 0.05) is 6.54 Å². The second-order valence-corrected chi connectivity index (χ2v) is 6.15. The Morgan fingerprint density at radius 1 is 1.29 bits per heavy atom. The van der Waals surface area contributed by atoms with Crippen LogP contribution >= 0.6 is 12.4 Å². The van der Waals surface area contributed by atoms with Gasteiger partial charge in [0.2, 0.25) is 5.91 Å². The smallest absolute Gasteiger partial charge is 0.237 e. The van der Waals surface area contributed by atoms with Crippen molar-refractivity contribution in [1.29, 1.82) is 0 Å². The molecule has 4 nitrogen and oxygen atoms in total. The molecule has 0 bridgehead atoms. The van der Waals surface area contributed by atoms with Crippen molar-refractivity contribution in [2.75, 3.05) is 13.2 Å². The van der Waals surface area contributed by atoms with Gasteiger partial charge in [0.25, 0.3) is 0 Å². The number of carbonyl (C=O) groups is 1. The first-order valence-corrected chi connectivity index (χ1v) is 7.03. The van der Waals surface area contributed by atoms with Gasteiger partial charge in [0.15, 0.2) is 0 Å². The van der Waals surface area contributed by atoms with Crippen LogP contribution in [0.15, 0.2) is 24.3 Å². The van der Waals surface area contributed by atoms with Crippen LogP contribution in [-0.2, 0) is 4.79 Å². The molecular formula is C16H27ClN2O2. The van der Waals surface area contributed by atoms with Crippen molar-refractivity contribution in [2.45, 2.75) is 40.2 Å². The SMILES string of the molecule is Cc1ccc(OCCCNC(=O)[C@@H](N)C(C)(C)C)cc1.Cl. The molecule has 0 aromatic heterocycles. The van der Waals surface area contributed by atoms with E-state index < -0.39 is 6.04 Å². The van der Waals surface area contributed by atoms with Gasteiger partial charge in [-0.15, -0.1) is 12.4 Å². The van der Waals surface area contributed by atoms with Crippen molar-refractivity contribution >= 4 is 18.3 Å². The maximum atomic E-state index is 11.8. The normalized spacial score (nSPS) is 12.2. The highest BCUT2D eigenvalue weighted by molar-refractivity contribution is 5.85. The van der Waals surface area contributed by atoms with Crippen LogP contribution in [0.2, 0.25) is 0 Å². The van der Waals surface area contributed by atoms with Crippen molar-refractivity contribution in [3.8, 4) is 5.75 Å². The van der Waals surface area contributed by atoms with E-state index in [9.17, 15) is 4.79 Å². The number of aryl methyl sites for hydroxylation is 1. The fraction of sp³-hybridized carbons (Fsp3) is 0.562. The minimum Gasteiger partial charge on any atom is -0.494 e. The fourth-order valence-electron chi connectivity index (χ4n) is 1.61. The van der Waals surface area contributed by atoms with E-state index in [1.165, 1.54) is 5.56 Å². The number of rotatable bonds is 6. The maximum Gasteiger partial charge on any atom is 0.237 e. The molecule has 1 amide bonds. The zero-order valence-corrected chi connectivity index (χ0v) is 14.1. The lowest BCUT2D eigenvalue weighted by molar-refractivity contribution is -0.124. The van der Waals surface area contributed by atoms with Gasteiger partial charge < -0.3 is 15.8 Å². The summed E-state index contributed by atoms with van der Waals surface area (Å²) in [5, 5.41) is 2.84. The molecule has 0 fully saturated rings. The fourth-order valence-corrected chi connectivity index (χ4v) is 1.61. The zero-order chi connectivity index (χ0) is 15.2. The molecule has 5 heteroatoms. The van der Waals surface area contributed by atoms with Gasteiger partial charge in [-0.1, -0.05) is 38.5 Å². The number of benzene rings is 1. The molecule has 0 aliphatic carbocycles. The Morgan fingerprint density at radius 3 is 2.38 bits per heavy atom. The third-order valence-electron chi connectivity index (χ3n) is 3.13. The van der Waals surface area contributed by atoms with E-state index in [0.29, 0.717) is 13.2 Å². The van der Waals surface area contributed by atoms with Crippen molar-refractivity contribution in [3.05, 3.63) is 29.8 Å². The Labute approximate surface area is 133 Å². The first kappa shape index (κ1) is 19.7. The van der Waals surface area contributed by atoms with Crippen LogP contribution in [0.4, 0.5) is 0 Å². The molecule has 21 heavy (non-hydrogen) atoms. The van der Waals surface area contributed by atoms with E-state index in [4.69, 9.17) is 10.5 Å². The molecule has 0 heterocycles. The Bertz CT molecular complexity index is 427. The molecule has 0 radical (unpaired) electrons. The Hall–Kier alpha value is -1.26. The van der Waals surface area contributed by atoms with Crippen LogP contribution in [0.1, 0.15) is 32.8 Å². The van der Waals surface area contributed by atoms with Crippen molar-refractivity contribution in [1.82, 2.24) is 5.32 Å². The highest BCUT2D eigenvalue weighted by Crippen LogP contribution is 2.17. The third kappa shape index (κ3) is 7.34. The third-order valence-corrected chi connectivity index (χ3v) is 3.13. The van der Waals surface area contributed by atoms with Gasteiger partial charge in [0.1, 0.15) is 5.75 Å². The first-order valence-electron chi connectivity index (χ1n) is 7.03. The maximum absolute atomic E-state index is 11.8. The van der Waals surface area contributed by atoms with E-state index in [1.54, 1.807) is 0 Å². The number of hydrogen-bond acceptors (Lipinski definition) is 3. The van der Waals surface area contributed by atoms with Crippen LogP contribution in [0, 0.1) is 12.3 Å². The lowest BCUT2D eigenvalue weighted by atomic mass is 9.87. The second-order valence-electron chi connectivity index (χ2n) is 6.15. The Balaban J connectivity index is 0.00000400. The second kappa shape index (κ2) is 8.90. The number of amides is 1. The molecule has 1 aromatic carbocycles. The van der Waals surface area contributed by atoms with Crippen molar-refractivity contribution in [2.24, 2.45) is 11.1 Å². The molecule has 0 saturated carbocycles. The molecule has 0 aliphatic rings. The van der Waals surface area contributed by atoms with Gasteiger partial charge in [-0.2, -0.15) is 0 Å². The lowest BCUT2D eigenvalue weighted by Crippen LogP contribution is -2.48. The average Bonchev–Trinajstić information content (AvgIpc) is 2.38. The van der Waals surface area contributed by atoms with Crippen LogP contribution < -0.4 is 15.8 Å². The van der Waals surface area contributed by atoms with Gasteiger partial charge in [-0.25, -0.2) is 0 Å². The van der Waals surface area contributed by atoms with Gasteiger partial charge in [0.05, 0.1) is 12.6 Å². The predicted molar refractivity (Wildman–Crippen MR) is 89.0 cm³/mol. The van der Waals surface area contributed by atoms with Crippen LogP contribution in [0.25, 0.3) is 0 Å². The number of nitrogens with two attached hydrogens (primary N) is 1. The van der Waals surface area contributed by atoms with E-state index in [1.807, 2.05) is 52.0 Å². The number of carbonyl (C=O) groups excluding carboxylic acids is 1. The predicted octanol–water partition coefficient (Wildman–Crippen LogP) is 2.68. The number of ether oxygens (including phenoxy) is 1. The molecule has 1 aromatic rings. The molecule has 120 valence electrons. The summed E-state index contributed by atoms with van der Waals surface area (Å²) < 4.78 is 5.59. The number of halogens is 1. The largest absolute Gasteiger partial charge is 0.494 e. The van der Waals surface area contributed by atoms with E-state index in [0.717, 1.165) is 12.2 Å². The summed E-state index contributed by atoms with van der Waals surface area (Å²) in [6.45, 7) is 9.06. The standard InChI is InChI=1S/C16H26N2O2.ClH/c1-12-6-8-13(9-7-12)20-11-5-10-18-15(19)14(17)16(2,3)4;/h6-9,14H,5,10-11,17H2,1-4H3,(H,18,19);1H/t14-;/m1./s1. The summed E-state index contributed by atoms with van der Waals surface area (Å²) in [5.41, 5.74) is 6.86. The van der Waals surface area contributed by atoms with Crippen LogP contribution in [0.5, 0.6) is 5.75 Å². The molecule has 3 N–H and O–H groups in total. The summed E-state index contributed by atoms with van der Waals surface area (Å²) in [6.07, 6.45) is 0.760. The molecule has 0 aliphatic heterocycles. The highest BCUT2D eigenvalue weighted by Gasteiger charge is 2.26. The Morgan fingerprint density at radius 2 is 1.86 bits per heavy atom. The molecule has 0 saturated heterocycles. The molecule has 0 spiro atoms. The van der Waals surface area contributed by atoms with Crippen molar-refractivity contribution < 1.29 is 9.53 Å². The monoisotopic (exact) mass is 314 g/mol. The molecular weight excluding hydrogens is 288 g/mol. The number of nitrogens with one attached hydrogen (secondary N) is 1. The van der Waals surface area contributed by atoms with E-state index in [2.05, 4.69) is 5.32 Å². The summed E-state index contributed by atoms with van der Waals surface area (Å²) in [6, 6.07) is 7.44. The molecule has 1 atom stereocenters. The first-order chi connectivity index (χ1) is 9.30. The van der Waals surface area contributed by atoms with Gasteiger partial charge in [-0.05, 0) is 30.9 Å².